The van der Waals surface area contributed by atoms with Gasteiger partial charge in [-0.05, 0) is 29.5 Å². The summed E-state index contributed by atoms with van der Waals surface area (Å²) in [6.45, 7) is 4.44. The number of hydrogen-bond donors (Lipinski definition) is 1. The Labute approximate surface area is 140 Å². The summed E-state index contributed by atoms with van der Waals surface area (Å²) in [4.78, 5) is 26.1. The average molecular weight is 327 g/mol. The minimum absolute atomic E-state index is 0.237. The lowest BCUT2D eigenvalue weighted by Gasteiger charge is -2.34. The minimum Gasteiger partial charge on any atom is -0.479 e. The zero-order chi connectivity index (χ0) is 17.4. The van der Waals surface area contributed by atoms with Crippen molar-refractivity contribution in [2.45, 2.75) is 32.2 Å². The lowest BCUT2D eigenvalue weighted by atomic mass is 9.92. The number of carboxylic acid groups (broad SMARTS) is 1. The molecule has 1 aliphatic heterocycles. The van der Waals surface area contributed by atoms with Crippen LogP contribution in [0.15, 0.2) is 30.3 Å². The predicted molar refractivity (Wildman–Crippen MR) is 88.9 cm³/mol. The Morgan fingerprint density at radius 3 is 2.62 bits per heavy atom. The number of aliphatic carboxylic acids is 1. The maximum Gasteiger partial charge on any atom is 0.331 e. The largest absolute Gasteiger partial charge is 0.479 e. The second-order valence-corrected chi connectivity index (χ2v) is 6.42. The molecule has 1 aliphatic rings. The molecule has 1 N–H and O–H groups in total. The number of aromatic nitrogens is 2. The third-order valence-electron chi connectivity index (χ3n) is 4.50. The van der Waals surface area contributed by atoms with Crippen molar-refractivity contribution in [2.75, 3.05) is 6.54 Å². The molecule has 0 unspecified atom stereocenters. The number of fused-ring (bicyclic) bond motifs is 1. The van der Waals surface area contributed by atoms with Gasteiger partial charge in [-0.3, -0.25) is 9.48 Å². The molecule has 2 heterocycles. The van der Waals surface area contributed by atoms with Crippen LogP contribution in [0.25, 0.3) is 0 Å². The molecule has 6 nitrogen and oxygen atoms in total. The Morgan fingerprint density at radius 1 is 1.29 bits per heavy atom. The van der Waals surface area contributed by atoms with Crippen molar-refractivity contribution >= 4 is 11.9 Å². The van der Waals surface area contributed by atoms with Crippen LogP contribution in [0.4, 0.5) is 0 Å². The second-order valence-electron chi connectivity index (χ2n) is 6.42. The standard InChI is InChI=1S/C18H21N3O3/c1-11(2)15-10-14(19-20(15)3)17(22)21-9-8-12-6-4-5-7-13(12)16(21)18(23)24/h4-7,10-11,16H,8-9H2,1-3H3,(H,23,24)/t16-/m1/s1. The molecule has 0 saturated carbocycles. The fourth-order valence-corrected chi connectivity index (χ4v) is 3.33. The highest BCUT2D eigenvalue weighted by atomic mass is 16.4. The van der Waals surface area contributed by atoms with Crippen LogP contribution in [0.3, 0.4) is 0 Å². The van der Waals surface area contributed by atoms with Gasteiger partial charge in [-0.15, -0.1) is 0 Å². The summed E-state index contributed by atoms with van der Waals surface area (Å²) in [5.74, 6) is -1.11. The van der Waals surface area contributed by atoms with Crippen LogP contribution in [-0.4, -0.2) is 38.2 Å². The molecule has 0 aliphatic carbocycles. The molecule has 0 saturated heterocycles. The average Bonchev–Trinajstić information content (AvgIpc) is 2.95. The number of carboxylic acids is 1. The van der Waals surface area contributed by atoms with Crippen LogP contribution in [0.5, 0.6) is 0 Å². The zero-order valence-corrected chi connectivity index (χ0v) is 14.1. The molecule has 1 aromatic heterocycles. The van der Waals surface area contributed by atoms with Gasteiger partial charge in [0, 0.05) is 19.3 Å². The molecule has 126 valence electrons. The number of benzene rings is 1. The van der Waals surface area contributed by atoms with E-state index in [1.807, 2.05) is 26.0 Å². The summed E-state index contributed by atoms with van der Waals surface area (Å²) < 4.78 is 1.69. The Hall–Kier alpha value is -2.63. The minimum atomic E-state index is -1.02. The number of aryl methyl sites for hydroxylation is 1. The van der Waals surface area contributed by atoms with Gasteiger partial charge in [0.15, 0.2) is 11.7 Å². The molecule has 1 aromatic carbocycles. The Bertz CT molecular complexity index is 795. The maximum absolute atomic E-state index is 12.9. The number of rotatable bonds is 3. The first kappa shape index (κ1) is 16.2. The Balaban J connectivity index is 1.98. The van der Waals surface area contributed by atoms with Crippen molar-refractivity contribution in [1.29, 1.82) is 0 Å². The highest BCUT2D eigenvalue weighted by Gasteiger charge is 2.37. The van der Waals surface area contributed by atoms with Gasteiger partial charge in [0.2, 0.25) is 0 Å². The highest BCUT2D eigenvalue weighted by molar-refractivity contribution is 5.95. The van der Waals surface area contributed by atoms with Gasteiger partial charge in [0.05, 0.1) is 0 Å². The summed E-state index contributed by atoms with van der Waals surface area (Å²) >= 11 is 0. The molecule has 6 heteroatoms. The number of nitrogens with zero attached hydrogens (tertiary/aromatic N) is 3. The molecular formula is C18H21N3O3. The first-order valence-corrected chi connectivity index (χ1v) is 8.05. The molecule has 0 fully saturated rings. The van der Waals surface area contributed by atoms with E-state index in [4.69, 9.17) is 0 Å². The molecule has 2 aromatic rings. The second kappa shape index (κ2) is 6.11. The van der Waals surface area contributed by atoms with Crippen LogP contribution in [0.2, 0.25) is 0 Å². The van der Waals surface area contributed by atoms with Crippen LogP contribution in [0, 0.1) is 0 Å². The van der Waals surface area contributed by atoms with Crippen molar-refractivity contribution in [3.8, 4) is 0 Å². The topological polar surface area (TPSA) is 75.4 Å². The van der Waals surface area contributed by atoms with Crippen LogP contribution < -0.4 is 0 Å². The predicted octanol–water partition coefficient (Wildman–Crippen LogP) is 2.37. The van der Waals surface area contributed by atoms with Crippen LogP contribution in [-0.2, 0) is 18.3 Å². The summed E-state index contributed by atoms with van der Waals surface area (Å²) in [6.07, 6.45) is 0.648. The van der Waals surface area contributed by atoms with E-state index in [-0.39, 0.29) is 11.8 Å². The van der Waals surface area contributed by atoms with Crippen LogP contribution in [0.1, 0.15) is 53.1 Å². The number of hydrogen-bond acceptors (Lipinski definition) is 3. The summed E-state index contributed by atoms with van der Waals surface area (Å²) in [5.41, 5.74) is 2.91. The normalized spacial score (nSPS) is 17.0. The van der Waals surface area contributed by atoms with E-state index in [0.29, 0.717) is 24.2 Å². The third kappa shape index (κ3) is 2.68. The fourth-order valence-electron chi connectivity index (χ4n) is 3.33. The quantitative estimate of drug-likeness (QED) is 0.939. The highest BCUT2D eigenvalue weighted by Crippen LogP contribution is 2.31. The Morgan fingerprint density at radius 2 is 2.00 bits per heavy atom. The molecule has 3 rings (SSSR count). The van der Waals surface area contributed by atoms with Gasteiger partial charge in [-0.2, -0.15) is 5.10 Å². The van der Waals surface area contributed by atoms with E-state index >= 15 is 0 Å². The molecule has 0 spiro atoms. The summed E-state index contributed by atoms with van der Waals surface area (Å²) in [6, 6.07) is 8.19. The van der Waals surface area contributed by atoms with Gasteiger partial charge >= 0.3 is 5.97 Å². The van der Waals surface area contributed by atoms with Gasteiger partial charge in [0.25, 0.3) is 5.91 Å². The van der Waals surface area contributed by atoms with Crippen LogP contribution >= 0.6 is 0 Å². The van der Waals surface area contributed by atoms with Gasteiger partial charge in [0.1, 0.15) is 0 Å². The van der Waals surface area contributed by atoms with Crippen molar-refractivity contribution in [1.82, 2.24) is 14.7 Å². The molecule has 24 heavy (non-hydrogen) atoms. The molecule has 1 atom stereocenters. The monoisotopic (exact) mass is 327 g/mol. The fraction of sp³-hybridized carbons (Fsp3) is 0.389. The Kier molecular flexibility index (Phi) is 4.13. The van der Waals surface area contributed by atoms with Gasteiger partial charge in [-0.1, -0.05) is 38.1 Å². The SMILES string of the molecule is CC(C)c1cc(C(=O)N2CCc3ccccc3[C@@H]2C(=O)O)nn1C. The van der Waals surface area contributed by atoms with E-state index in [1.165, 1.54) is 4.90 Å². The molecular weight excluding hydrogens is 306 g/mol. The summed E-state index contributed by atoms with van der Waals surface area (Å²) in [5, 5.41) is 14.0. The van der Waals surface area contributed by atoms with E-state index in [0.717, 1.165) is 11.3 Å². The smallest absolute Gasteiger partial charge is 0.331 e. The first-order valence-electron chi connectivity index (χ1n) is 8.05. The first-order chi connectivity index (χ1) is 11.4. The molecule has 0 radical (unpaired) electrons. The number of amides is 1. The lowest BCUT2D eigenvalue weighted by Crippen LogP contribution is -2.43. The van der Waals surface area contributed by atoms with Gasteiger partial charge < -0.3 is 10.0 Å². The maximum atomic E-state index is 12.9. The van der Waals surface area contributed by atoms with Gasteiger partial charge in [-0.25, -0.2) is 4.79 Å². The zero-order valence-electron chi connectivity index (χ0n) is 14.1. The van der Waals surface area contributed by atoms with E-state index in [2.05, 4.69) is 5.10 Å². The molecule has 0 bridgehead atoms. The van der Waals surface area contributed by atoms with Crippen molar-refractivity contribution in [3.63, 3.8) is 0 Å². The number of carbonyl (C=O) groups is 2. The van der Waals surface area contributed by atoms with Crippen molar-refractivity contribution < 1.29 is 14.7 Å². The van der Waals surface area contributed by atoms with E-state index in [1.54, 1.807) is 29.9 Å². The van der Waals surface area contributed by atoms with E-state index < -0.39 is 12.0 Å². The van der Waals surface area contributed by atoms with E-state index in [9.17, 15) is 14.7 Å². The lowest BCUT2D eigenvalue weighted by molar-refractivity contribution is -0.143. The van der Waals surface area contributed by atoms with Crippen molar-refractivity contribution in [3.05, 3.63) is 52.8 Å². The van der Waals surface area contributed by atoms with Crippen molar-refractivity contribution in [2.24, 2.45) is 7.05 Å². The molecule has 1 amide bonds. The number of carbonyl (C=O) groups excluding carboxylic acids is 1. The third-order valence-corrected chi connectivity index (χ3v) is 4.50. The summed E-state index contributed by atoms with van der Waals surface area (Å²) in [7, 11) is 1.80.